The Morgan fingerprint density at radius 3 is 3.22 bits per heavy atom. The average Bonchev–Trinajstić information content (AvgIpc) is 2.99. The van der Waals surface area contributed by atoms with Crippen molar-refractivity contribution in [2.45, 2.75) is 25.3 Å². The zero-order chi connectivity index (χ0) is 12.4. The lowest BCUT2D eigenvalue weighted by molar-refractivity contribution is 0.529. The predicted octanol–water partition coefficient (Wildman–Crippen LogP) is 1.76. The van der Waals surface area contributed by atoms with Gasteiger partial charge in [-0.2, -0.15) is 5.10 Å². The summed E-state index contributed by atoms with van der Waals surface area (Å²) in [5.41, 5.74) is 2.36. The van der Waals surface area contributed by atoms with E-state index in [0.717, 1.165) is 37.2 Å². The first-order valence-electron chi connectivity index (χ1n) is 6.19. The third kappa shape index (κ3) is 2.26. The number of nitrogens with zero attached hydrogens (tertiary/aromatic N) is 2. The summed E-state index contributed by atoms with van der Waals surface area (Å²) in [4.78, 5) is 4.08. The number of aryl methyl sites for hydroxylation is 1. The summed E-state index contributed by atoms with van der Waals surface area (Å²) in [7, 11) is 0. The zero-order valence-electron chi connectivity index (χ0n) is 9.99. The number of aromatic nitrogens is 3. The monoisotopic (exact) mass is 246 g/mol. The topological polar surface area (TPSA) is 53.6 Å². The van der Waals surface area contributed by atoms with Gasteiger partial charge in [-0.3, -0.25) is 5.10 Å². The van der Waals surface area contributed by atoms with Crippen LogP contribution in [0.1, 0.15) is 29.4 Å². The Balaban J connectivity index is 1.59. The lowest BCUT2D eigenvalue weighted by Crippen LogP contribution is -2.22. The summed E-state index contributed by atoms with van der Waals surface area (Å²) in [6.45, 7) is 0.844. The SMILES string of the molecule is Fc1ccc2c(c1)CCC2NCCc1ncn[nH]1. The molecule has 0 spiro atoms. The molecule has 1 aliphatic rings. The number of aromatic amines is 1. The van der Waals surface area contributed by atoms with Crippen molar-refractivity contribution >= 4 is 0 Å². The lowest BCUT2D eigenvalue weighted by Gasteiger charge is -2.13. The number of hydrogen-bond acceptors (Lipinski definition) is 3. The molecule has 0 fully saturated rings. The van der Waals surface area contributed by atoms with Crippen molar-refractivity contribution in [3.8, 4) is 0 Å². The van der Waals surface area contributed by atoms with Gasteiger partial charge in [0.1, 0.15) is 18.0 Å². The van der Waals surface area contributed by atoms with Gasteiger partial charge in [-0.05, 0) is 36.1 Å². The van der Waals surface area contributed by atoms with Crippen LogP contribution in [0.15, 0.2) is 24.5 Å². The Bertz CT molecular complexity index is 524. The van der Waals surface area contributed by atoms with Gasteiger partial charge >= 0.3 is 0 Å². The fourth-order valence-corrected chi connectivity index (χ4v) is 2.51. The summed E-state index contributed by atoms with van der Waals surface area (Å²) in [5.74, 6) is 0.746. The fourth-order valence-electron chi connectivity index (χ4n) is 2.51. The van der Waals surface area contributed by atoms with Crippen LogP contribution in [0.5, 0.6) is 0 Å². The summed E-state index contributed by atoms with van der Waals surface area (Å²) in [6.07, 6.45) is 4.33. The van der Waals surface area contributed by atoms with Crippen LogP contribution in [0.3, 0.4) is 0 Å². The lowest BCUT2D eigenvalue weighted by atomic mass is 10.1. The van der Waals surface area contributed by atoms with Crippen molar-refractivity contribution in [1.29, 1.82) is 0 Å². The highest BCUT2D eigenvalue weighted by Crippen LogP contribution is 2.31. The second-order valence-corrected chi connectivity index (χ2v) is 4.57. The maximum absolute atomic E-state index is 13.1. The van der Waals surface area contributed by atoms with Crippen LogP contribution in [-0.4, -0.2) is 21.7 Å². The van der Waals surface area contributed by atoms with Gasteiger partial charge in [0, 0.05) is 19.0 Å². The molecule has 1 atom stereocenters. The molecule has 1 aromatic carbocycles. The van der Waals surface area contributed by atoms with Crippen LogP contribution in [0.2, 0.25) is 0 Å². The minimum absolute atomic E-state index is 0.143. The predicted molar refractivity (Wildman–Crippen MR) is 65.6 cm³/mol. The second kappa shape index (κ2) is 4.86. The standard InChI is InChI=1S/C13H15FN4/c14-10-2-3-11-9(7-10)1-4-12(11)15-6-5-13-16-8-17-18-13/h2-3,7-8,12,15H,1,4-6H2,(H,16,17,18). The number of H-pyrrole nitrogens is 1. The molecule has 0 saturated carbocycles. The smallest absolute Gasteiger partial charge is 0.137 e. The molecule has 0 radical (unpaired) electrons. The molecule has 3 rings (SSSR count). The van der Waals surface area contributed by atoms with Gasteiger partial charge in [0.25, 0.3) is 0 Å². The van der Waals surface area contributed by atoms with E-state index in [0.29, 0.717) is 6.04 Å². The Kier molecular flexibility index (Phi) is 3.06. The maximum Gasteiger partial charge on any atom is 0.137 e. The highest BCUT2D eigenvalue weighted by molar-refractivity contribution is 5.34. The van der Waals surface area contributed by atoms with Crippen molar-refractivity contribution in [2.75, 3.05) is 6.54 Å². The van der Waals surface area contributed by atoms with E-state index < -0.39 is 0 Å². The van der Waals surface area contributed by atoms with E-state index in [4.69, 9.17) is 0 Å². The van der Waals surface area contributed by atoms with Crippen molar-refractivity contribution in [1.82, 2.24) is 20.5 Å². The minimum Gasteiger partial charge on any atom is -0.309 e. The number of hydrogen-bond donors (Lipinski definition) is 2. The summed E-state index contributed by atoms with van der Waals surface area (Å²) >= 11 is 0. The normalized spacial score (nSPS) is 17.9. The van der Waals surface area contributed by atoms with Crippen LogP contribution < -0.4 is 5.32 Å². The molecule has 2 aromatic rings. The zero-order valence-corrected chi connectivity index (χ0v) is 9.99. The molecule has 18 heavy (non-hydrogen) atoms. The molecule has 0 aliphatic heterocycles. The van der Waals surface area contributed by atoms with Gasteiger partial charge in [-0.25, -0.2) is 9.37 Å². The van der Waals surface area contributed by atoms with Crippen molar-refractivity contribution in [3.63, 3.8) is 0 Å². The largest absolute Gasteiger partial charge is 0.309 e. The van der Waals surface area contributed by atoms with E-state index in [1.165, 1.54) is 18.0 Å². The summed E-state index contributed by atoms with van der Waals surface area (Å²) < 4.78 is 13.1. The first-order valence-corrected chi connectivity index (χ1v) is 6.19. The third-order valence-electron chi connectivity index (χ3n) is 3.40. The van der Waals surface area contributed by atoms with E-state index in [1.807, 2.05) is 6.07 Å². The third-order valence-corrected chi connectivity index (χ3v) is 3.40. The molecule has 94 valence electrons. The Labute approximate surface area is 105 Å². The molecular formula is C13H15FN4. The number of halogens is 1. The molecule has 2 N–H and O–H groups in total. The van der Waals surface area contributed by atoms with Crippen molar-refractivity contribution in [2.24, 2.45) is 0 Å². The molecule has 4 nitrogen and oxygen atoms in total. The Hall–Kier alpha value is -1.75. The van der Waals surface area contributed by atoms with Gasteiger partial charge in [0.2, 0.25) is 0 Å². The van der Waals surface area contributed by atoms with Crippen LogP contribution in [0, 0.1) is 5.82 Å². The maximum atomic E-state index is 13.1. The van der Waals surface area contributed by atoms with Crippen LogP contribution in [-0.2, 0) is 12.8 Å². The van der Waals surface area contributed by atoms with Crippen LogP contribution in [0.4, 0.5) is 4.39 Å². The number of fused-ring (bicyclic) bond motifs is 1. The van der Waals surface area contributed by atoms with Crippen LogP contribution in [0.25, 0.3) is 0 Å². The van der Waals surface area contributed by atoms with Crippen molar-refractivity contribution in [3.05, 3.63) is 47.3 Å². The molecule has 0 saturated heterocycles. The van der Waals surface area contributed by atoms with E-state index >= 15 is 0 Å². The molecule has 1 aromatic heterocycles. The van der Waals surface area contributed by atoms with E-state index in [-0.39, 0.29) is 5.82 Å². The Morgan fingerprint density at radius 2 is 2.39 bits per heavy atom. The van der Waals surface area contributed by atoms with Crippen molar-refractivity contribution < 1.29 is 4.39 Å². The molecular weight excluding hydrogens is 231 g/mol. The minimum atomic E-state index is -0.143. The molecule has 0 bridgehead atoms. The van der Waals surface area contributed by atoms with Gasteiger partial charge in [0.15, 0.2) is 0 Å². The summed E-state index contributed by atoms with van der Waals surface area (Å²) in [6, 6.07) is 5.41. The average molecular weight is 246 g/mol. The van der Waals surface area contributed by atoms with E-state index in [9.17, 15) is 4.39 Å². The number of benzene rings is 1. The first kappa shape index (κ1) is 11.3. The van der Waals surface area contributed by atoms with Gasteiger partial charge in [-0.15, -0.1) is 0 Å². The highest BCUT2D eigenvalue weighted by atomic mass is 19.1. The van der Waals surface area contributed by atoms with Crippen LogP contribution >= 0.6 is 0 Å². The quantitative estimate of drug-likeness (QED) is 0.864. The second-order valence-electron chi connectivity index (χ2n) is 4.57. The Morgan fingerprint density at radius 1 is 1.44 bits per heavy atom. The number of rotatable bonds is 4. The van der Waals surface area contributed by atoms with Gasteiger partial charge < -0.3 is 5.32 Å². The molecule has 1 aliphatic carbocycles. The first-order chi connectivity index (χ1) is 8.83. The fraction of sp³-hybridized carbons (Fsp3) is 0.385. The van der Waals surface area contributed by atoms with E-state index in [2.05, 4.69) is 20.5 Å². The van der Waals surface area contributed by atoms with E-state index in [1.54, 1.807) is 6.07 Å². The molecule has 0 amide bonds. The molecule has 1 heterocycles. The molecule has 1 unspecified atom stereocenters. The van der Waals surface area contributed by atoms with Gasteiger partial charge in [0.05, 0.1) is 0 Å². The summed E-state index contributed by atoms with van der Waals surface area (Å²) in [5, 5.41) is 10.1. The highest BCUT2D eigenvalue weighted by Gasteiger charge is 2.21. The molecule has 5 heteroatoms. The van der Waals surface area contributed by atoms with Gasteiger partial charge in [-0.1, -0.05) is 6.07 Å². The number of nitrogens with one attached hydrogen (secondary N) is 2.